The van der Waals surface area contributed by atoms with Crippen molar-refractivity contribution in [3.05, 3.63) is 46.2 Å². The molecular formula is C19H23NO4S. The van der Waals surface area contributed by atoms with E-state index in [1.165, 1.54) is 4.88 Å². The van der Waals surface area contributed by atoms with Gasteiger partial charge in [-0.3, -0.25) is 4.79 Å². The van der Waals surface area contributed by atoms with Crippen molar-refractivity contribution in [3.63, 3.8) is 0 Å². The zero-order chi connectivity index (χ0) is 17.7. The molecule has 134 valence electrons. The van der Waals surface area contributed by atoms with Crippen molar-refractivity contribution in [1.29, 1.82) is 0 Å². The molecular weight excluding hydrogens is 338 g/mol. The van der Waals surface area contributed by atoms with E-state index in [4.69, 9.17) is 14.2 Å². The number of carbonyl (C=O) groups excluding carboxylic acids is 1. The molecule has 1 fully saturated rings. The lowest BCUT2D eigenvalue weighted by Gasteiger charge is -2.36. The second-order valence-corrected chi connectivity index (χ2v) is 7.10. The number of benzene rings is 1. The topological polar surface area (TPSA) is 56.8 Å². The zero-order valence-corrected chi connectivity index (χ0v) is 15.4. The fourth-order valence-electron chi connectivity index (χ4n) is 3.14. The van der Waals surface area contributed by atoms with Gasteiger partial charge in [-0.05, 0) is 36.4 Å². The largest absolute Gasteiger partial charge is 0.497 e. The van der Waals surface area contributed by atoms with E-state index in [0.29, 0.717) is 23.6 Å². The molecule has 1 amide bonds. The maximum Gasteiger partial charge on any atom is 0.251 e. The van der Waals surface area contributed by atoms with Crippen molar-refractivity contribution in [2.45, 2.75) is 18.3 Å². The van der Waals surface area contributed by atoms with Crippen LogP contribution < -0.4 is 14.8 Å². The summed E-state index contributed by atoms with van der Waals surface area (Å²) in [6.45, 7) is 2.04. The molecule has 1 aromatic carbocycles. The van der Waals surface area contributed by atoms with E-state index in [0.717, 1.165) is 26.1 Å². The van der Waals surface area contributed by atoms with Crippen LogP contribution in [-0.2, 0) is 10.2 Å². The molecule has 0 spiro atoms. The van der Waals surface area contributed by atoms with Gasteiger partial charge in [-0.15, -0.1) is 11.3 Å². The first-order valence-corrected chi connectivity index (χ1v) is 9.18. The Balaban J connectivity index is 1.76. The molecule has 0 aliphatic carbocycles. The second-order valence-electron chi connectivity index (χ2n) is 6.15. The molecule has 0 unspecified atom stereocenters. The van der Waals surface area contributed by atoms with Crippen molar-refractivity contribution in [1.82, 2.24) is 5.32 Å². The van der Waals surface area contributed by atoms with E-state index < -0.39 is 0 Å². The Morgan fingerprint density at radius 3 is 2.44 bits per heavy atom. The second kappa shape index (κ2) is 7.89. The molecule has 0 atom stereocenters. The van der Waals surface area contributed by atoms with Crippen LogP contribution in [0.1, 0.15) is 28.1 Å². The summed E-state index contributed by atoms with van der Waals surface area (Å²) in [5.41, 5.74) is 0.481. The Morgan fingerprint density at radius 2 is 1.88 bits per heavy atom. The molecule has 3 rings (SSSR count). The molecule has 0 bridgehead atoms. The molecule has 1 aliphatic heterocycles. The summed E-state index contributed by atoms with van der Waals surface area (Å²) in [6.07, 6.45) is 1.82. The number of carbonyl (C=O) groups is 1. The van der Waals surface area contributed by atoms with Crippen LogP contribution in [0.2, 0.25) is 0 Å². The SMILES string of the molecule is COc1cc(OC)cc(C(=O)NCC2(c3cccs3)CCOCC2)c1. The Labute approximate surface area is 151 Å². The number of amides is 1. The highest BCUT2D eigenvalue weighted by atomic mass is 32.1. The van der Waals surface area contributed by atoms with Gasteiger partial charge in [-0.25, -0.2) is 0 Å². The molecule has 6 heteroatoms. The van der Waals surface area contributed by atoms with Gasteiger partial charge in [-0.1, -0.05) is 6.07 Å². The lowest BCUT2D eigenvalue weighted by atomic mass is 9.78. The van der Waals surface area contributed by atoms with Gasteiger partial charge in [0, 0.05) is 41.7 Å². The molecule has 25 heavy (non-hydrogen) atoms. The van der Waals surface area contributed by atoms with E-state index in [2.05, 4.69) is 22.8 Å². The van der Waals surface area contributed by atoms with Crippen molar-refractivity contribution in [3.8, 4) is 11.5 Å². The summed E-state index contributed by atoms with van der Waals surface area (Å²) in [7, 11) is 3.15. The summed E-state index contributed by atoms with van der Waals surface area (Å²) in [4.78, 5) is 14.0. The van der Waals surface area contributed by atoms with Gasteiger partial charge in [0.1, 0.15) is 11.5 Å². The summed E-state index contributed by atoms with van der Waals surface area (Å²) in [5, 5.41) is 5.19. The smallest absolute Gasteiger partial charge is 0.251 e. The number of ether oxygens (including phenoxy) is 3. The van der Waals surface area contributed by atoms with Gasteiger partial charge in [0.05, 0.1) is 14.2 Å². The van der Waals surface area contributed by atoms with Crippen LogP contribution in [0.4, 0.5) is 0 Å². The van der Waals surface area contributed by atoms with Crippen LogP contribution in [0.5, 0.6) is 11.5 Å². The summed E-state index contributed by atoms with van der Waals surface area (Å²) >= 11 is 1.74. The predicted molar refractivity (Wildman–Crippen MR) is 97.9 cm³/mol. The van der Waals surface area contributed by atoms with Crippen molar-refractivity contribution >= 4 is 17.2 Å². The lowest BCUT2D eigenvalue weighted by Crippen LogP contribution is -2.44. The van der Waals surface area contributed by atoms with Gasteiger partial charge in [-0.2, -0.15) is 0 Å². The highest BCUT2D eigenvalue weighted by Gasteiger charge is 2.35. The fourth-order valence-corrected chi connectivity index (χ4v) is 4.13. The van der Waals surface area contributed by atoms with Gasteiger partial charge >= 0.3 is 0 Å². The molecule has 2 heterocycles. The average molecular weight is 361 g/mol. The van der Waals surface area contributed by atoms with Gasteiger partial charge in [0.2, 0.25) is 0 Å². The molecule has 0 radical (unpaired) electrons. The van der Waals surface area contributed by atoms with Crippen molar-refractivity contribution < 1.29 is 19.0 Å². The third kappa shape index (κ3) is 3.96. The van der Waals surface area contributed by atoms with Crippen LogP contribution in [0, 0.1) is 0 Å². The molecule has 5 nitrogen and oxygen atoms in total. The van der Waals surface area contributed by atoms with E-state index in [9.17, 15) is 4.79 Å². The quantitative estimate of drug-likeness (QED) is 0.858. The van der Waals surface area contributed by atoms with Crippen LogP contribution in [-0.4, -0.2) is 39.9 Å². The minimum atomic E-state index is -0.125. The number of thiophene rings is 1. The molecule has 1 N–H and O–H groups in total. The summed E-state index contributed by atoms with van der Waals surface area (Å²) in [6, 6.07) is 9.41. The number of rotatable bonds is 6. The van der Waals surface area contributed by atoms with Crippen molar-refractivity contribution in [2.75, 3.05) is 34.0 Å². The van der Waals surface area contributed by atoms with E-state index in [1.807, 2.05) is 0 Å². The maximum absolute atomic E-state index is 12.7. The van der Waals surface area contributed by atoms with Gasteiger partial charge < -0.3 is 19.5 Å². The number of nitrogens with one attached hydrogen (secondary N) is 1. The Morgan fingerprint density at radius 1 is 1.20 bits per heavy atom. The molecule has 1 aromatic heterocycles. The fraction of sp³-hybridized carbons (Fsp3) is 0.421. The summed E-state index contributed by atoms with van der Waals surface area (Å²) < 4.78 is 16.0. The van der Waals surface area contributed by atoms with Crippen LogP contribution in [0.25, 0.3) is 0 Å². The zero-order valence-electron chi connectivity index (χ0n) is 14.5. The van der Waals surface area contributed by atoms with Crippen LogP contribution in [0.15, 0.2) is 35.7 Å². The Kier molecular flexibility index (Phi) is 5.60. The van der Waals surface area contributed by atoms with Crippen LogP contribution >= 0.6 is 11.3 Å². The third-order valence-corrected chi connectivity index (χ3v) is 5.81. The highest BCUT2D eigenvalue weighted by Crippen LogP contribution is 2.37. The van der Waals surface area contributed by atoms with E-state index in [-0.39, 0.29) is 11.3 Å². The maximum atomic E-state index is 12.7. The first-order valence-electron chi connectivity index (χ1n) is 8.30. The van der Waals surface area contributed by atoms with Crippen molar-refractivity contribution in [2.24, 2.45) is 0 Å². The van der Waals surface area contributed by atoms with E-state index in [1.54, 1.807) is 43.8 Å². The Bertz CT molecular complexity index is 686. The minimum absolute atomic E-state index is 0.0506. The first-order chi connectivity index (χ1) is 12.2. The number of hydrogen-bond acceptors (Lipinski definition) is 5. The van der Waals surface area contributed by atoms with Gasteiger partial charge in [0.15, 0.2) is 0 Å². The first kappa shape index (κ1) is 17.8. The predicted octanol–water partition coefficient (Wildman–Crippen LogP) is 3.24. The number of methoxy groups -OCH3 is 2. The summed E-state index contributed by atoms with van der Waals surface area (Å²) in [5.74, 6) is 1.08. The monoisotopic (exact) mass is 361 g/mol. The minimum Gasteiger partial charge on any atom is -0.497 e. The highest BCUT2D eigenvalue weighted by molar-refractivity contribution is 7.10. The van der Waals surface area contributed by atoms with Crippen LogP contribution in [0.3, 0.4) is 0 Å². The molecule has 0 saturated carbocycles. The number of hydrogen-bond donors (Lipinski definition) is 1. The standard InChI is InChI=1S/C19H23NO4S/c1-22-15-10-14(11-16(12-15)23-2)18(21)20-13-19(5-7-24-8-6-19)17-4-3-9-25-17/h3-4,9-12H,5-8,13H2,1-2H3,(H,20,21). The van der Waals surface area contributed by atoms with E-state index >= 15 is 0 Å². The molecule has 1 aliphatic rings. The Hall–Kier alpha value is -2.05. The average Bonchev–Trinajstić information content (AvgIpc) is 3.22. The third-order valence-electron chi connectivity index (χ3n) is 4.69. The normalized spacial score (nSPS) is 16.2. The molecule has 1 saturated heterocycles. The van der Waals surface area contributed by atoms with Gasteiger partial charge in [0.25, 0.3) is 5.91 Å². The lowest BCUT2D eigenvalue weighted by molar-refractivity contribution is 0.0499. The molecule has 2 aromatic rings.